The predicted octanol–water partition coefficient (Wildman–Crippen LogP) is 3.63. The van der Waals surface area contributed by atoms with E-state index in [2.05, 4.69) is 6.58 Å². The summed E-state index contributed by atoms with van der Waals surface area (Å²) in [7, 11) is -5.43. The SMILES string of the molecule is C=C(C)c1ccc(NS(=O)(=O)C(F)(F)F)cc1Cl. The Hall–Kier alpha value is -1.21. The highest BCUT2D eigenvalue weighted by atomic mass is 35.5. The maximum absolute atomic E-state index is 12.1. The second-order valence-electron chi connectivity index (χ2n) is 3.53. The number of halogens is 4. The Morgan fingerprint density at radius 3 is 2.33 bits per heavy atom. The van der Waals surface area contributed by atoms with Crippen molar-refractivity contribution >= 4 is 32.9 Å². The van der Waals surface area contributed by atoms with Gasteiger partial charge in [0.05, 0.1) is 10.7 Å². The number of hydrogen-bond acceptors (Lipinski definition) is 2. The average molecular weight is 300 g/mol. The molecule has 0 atom stereocenters. The molecule has 0 amide bonds. The van der Waals surface area contributed by atoms with Crippen LogP contribution in [0.3, 0.4) is 0 Å². The Bertz CT molecular complexity index is 581. The summed E-state index contributed by atoms with van der Waals surface area (Å²) in [5, 5.41) is 0.116. The van der Waals surface area contributed by atoms with Crippen LogP contribution in [0, 0.1) is 0 Å². The van der Waals surface area contributed by atoms with Gasteiger partial charge in [0.1, 0.15) is 0 Å². The maximum atomic E-state index is 12.1. The van der Waals surface area contributed by atoms with Crippen LogP contribution in [-0.2, 0) is 10.0 Å². The van der Waals surface area contributed by atoms with E-state index < -0.39 is 15.5 Å². The van der Waals surface area contributed by atoms with Gasteiger partial charge in [-0.1, -0.05) is 24.2 Å². The van der Waals surface area contributed by atoms with Crippen molar-refractivity contribution in [3.63, 3.8) is 0 Å². The van der Waals surface area contributed by atoms with Gasteiger partial charge < -0.3 is 0 Å². The van der Waals surface area contributed by atoms with Crippen molar-refractivity contribution in [2.45, 2.75) is 12.4 Å². The Labute approximate surface area is 107 Å². The van der Waals surface area contributed by atoms with Crippen LogP contribution in [0.1, 0.15) is 12.5 Å². The summed E-state index contributed by atoms with van der Waals surface area (Å²) in [6, 6.07) is 3.66. The molecular formula is C10H9ClF3NO2S. The van der Waals surface area contributed by atoms with Crippen LogP contribution in [0.2, 0.25) is 5.02 Å². The average Bonchev–Trinajstić information content (AvgIpc) is 2.14. The molecule has 0 heterocycles. The molecule has 1 rings (SSSR count). The van der Waals surface area contributed by atoms with Crippen LogP contribution in [-0.4, -0.2) is 13.9 Å². The lowest BCUT2D eigenvalue weighted by Crippen LogP contribution is -2.29. The van der Waals surface area contributed by atoms with Crippen LogP contribution in [0.15, 0.2) is 24.8 Å². The molecule has 0 aliphatic rings. The highest BCUT2D eigenvalue weighted by Crippen LogP contribution is 2.29. The molecule has 0 fully saturated rings. The third-order valence-corrected chi connectivity index (χ3v) is 3.41. The molecule has 0 aliphatic carbocycles. The molecule has 0 radical (unpaired) electrons. The zero-order valence-corrected chi connectivity index (χ0v) is 10.7. The molecule has 0 unspecified atom stereocenters. The van der Waals surface area contributed by atoms with Gasteiger partial charge in [0.15, 0.2) is 0 Å². The van der Waals surface area contributed by atoms with E-state index in [-0.39, 0.29) is 10.7 Å². The minimum absolute atomic E-state index is 0.116. The summed E-state index contributed by atoms with van der Waals surface area (Å²) < 4.78 is 59.5. The van der Waals surface area contributed by atoms with Gasteiger partial charge in [0.25, 0.3) is 0 Å². The van der Waals surface area contributed by atoms with E-state index in [0.717, 1.165) is 6.07 Å². The van der Waals surface area contributed by atoms with E-state index in [1.165, 1.54) is 16.9 Å². The van der Waals surface area contributed by atoms with Crippen molar-refractivity contribution in [1.82, 2.24) is 0 Å². The van der Waals surface area contributed by atoms with Gasteiger partial charge >= 0.3 is 15.5 Å². The zero-order chi connectivity index (χ0) is 14.1. The standard InChI is InChI=1S/C10H9ClF3NO2S/c1-6(2)8-4-3-7(5-9(8)11)15-18(16,17)10(12,13)14/h3-5,15H,1H2,2H3. The second-order valence-corrected chi connectivity index (χ2v) is 5.61. The third-order valence-electron chi connectivity index (χ3n) is 1.99. The van der Waals surface area contributed by atoms with Crippen LogP contribution < -0.4 is 4.72 Å². The van der Waals surface area contributed by atoms with Crippen molar-refractivity contribution < 1.29 is 21.6 Å². The quantitative estimate of drug-likeness (QED) is 0.926. The van der Waals surface area contributed by atoms with Crippen molar-refractivity contribution in [3.05, 3.63) is 35.4 Å². The third kappa shape index (κ3) is 3.17. The van der Waals surface area contributed by atoms with E-state index >= 15 is 0 Å². The highest BCUT2D eigenvalue weighted by molar-refractivity contribution is 7.93. The van der Waals surface area contributed by atoms with Gasteiger partial charge in [-0.2, -0.15) is 21.6 Å². The van der Waals surface area contributed by atoms with Gasteiger partial charge in [-0.25, -0.2) is 0 Å². The van der Waals surface area contributed by atoms with E-state index in [0.29, 0.717) is 11.1 Å². The number of benzene rings is 1. The topological polar surface area (TPSA) is 46.2 Å². The molecule has 100 valence electrons. The van der Waals surface area contributed by atoms with Crippen LogP contribution in [0.4, 0.5) is 18.9 Å². The first-order valence-corrected chi connectivity index (χ1v) is 6.45. The van der Waals surface area contributed by atoms with Gasteiger partial charge in [-0.3, -0.25) is 4.72 Å². The van der Waals surface area contributed by atoms with Gasteiger partial charge in [-0.05, 0) is 30.2 Å². The molecule has 18 heavy (non-hydrogen) atoms. The lowest BCUT2D eigenvalue weighted by molar-refractivity contribution is -0.0429. The largest absolute Gasteiger partial charge is 0.516 e. The molecule has 0 spiro atoms. The molecule has 1 N–H and O–H groups in total. The number of hydrogen-bond donors (Lipinski definition) is 1. The first kappa shape index (κ1) is 14.8. The summed E-state index contributed by atoms with van der Waals surface area (Å²) >= 11 is 5.79. The van der Waals surface area contributed by atoms with E-state index in [9.17, 15) is 21.6 Å². The van der Waals surface area contributed by atoms with E-state index in [4.69, 9.17) is 11.6 Å². The lowest BCUT2D eigenvalue weighted by atomic mass is 10.1. The van der Waals surface area contributed by atoms with E-state index in [1.807, 2.05) is 0 Å². The summed E-state index contributed by atoms with van der Waals surface area (Å²) in [6.07, 6.45) is 0. The number of allylic oxidation sites excluding steroid dienone is 1. The van der Waals surface area contributed by atoms with Gasteiger partial charge in [0, 0.05) is 0 Å². The van der Waals surface area contributed by atoms with Crippen molar-refractivity contribution in [1.29, 1.82) is 0 Å². The first-order chi connectivity index (χ1) is 8.04. The Morgan fingerprint density at radius 1 is 1.39 bits per heavy atom. The van der Waals surface area contributed by atoms with Gasteiger partial charge in [-0.15, -0.1) is 0 Å². The normalized spacial score (nSPS) is 12.3. The smallest absolute Gasteiger partial charge is 0.276 e. The molecule has 3 nitrogen and oxygen atoms in total. The van der Waals surface area contributed by atoms with Crippen LogP contribution in [0.5, 0.6) is 0 Å². The number of anilines is 1. The molecule has 0 aliphatic heterocycles. The predicted molar refractivity (Wildman–Crippen MR) is 64.8 cm³/mol. The van der Waals surface area contributed by atoms with Crippen LogP contribution in [0.25, 0.3) is 5.57 Å². The van der Waals surface area contributed by atoms with Crippen molar-refractivity contribution in [3.8, 4) is 0 Å². The van der Waals surface area contributed by atoms with Crippen molar-refractivity contribution in [2.24, 2.45) is 0 Å². The summed E-state index contributed by atoms with van der Waals surface area (Å²) in [6.45, 7) is 5.29. The maximum Gasteiger partial charge on any atom is 0.516 e. The number of sulfonamides is 1. The summed E-state index contributed by atoms with van der Waals surface area (Å²) in [5.41, 5.74) is -4.48. The Balaban J connectivity index is 3.09. The molecule has 0 bridgehead atoms. The summed E-state index contributed by atoms with van der Waals surface area (Å²) in [4.78, 5) is 0. The van der Waals surface area contributed by atoms with E-state index in [1.54, 1.807) is 6.92 Å². The number of rotatable bonds is 3. The molecule has 0 saturated heterocycles. The summed E-state index contributed by atoms with van der Waals surface area (Å²) in [5.74, 6) is 0. The Morgan fingerprint density at radius 2 is 1.94 bits per heavy atom. The molecule has 0 saturated carbocycles. The fourth-order valence-electron chi connectivity index (χ4n) is 1.14. The second kappa shape index (κ2) is 4.81. The molecule has 1 aromatic rings. The first-order valence-electron chi connectivity index (χ1n) is 4.59. The molecule has 8 heteroatoms. The van der Waals surface area contributed by atoms with Crippen molar-refractivity contribution in [2.75, 3.05) is 4.72 Å². The van der Waals surface area contributed by atoms with Crippen LogP contribution >= 0.6 is 11.6 Å². The highest BCUT2D eigenvalue weighted by Gasteiger charge is 2.46. The fraction of sp³-hybridized carbons (Fsp3) is 0.200. The zero-order valence-electron chi connectivity index (χ0n) is 9.18. The van der Waals surface area contributed by atoms with Gasteiger partial charge in [0.2, 0.25) is 0 Å². The minimum Gasteiger partial charge on any atom is -0.276 e. The Kier molecular flexibility index (Phi) is 3.97. The molecule has 0 aromatic heterocycles. The minimum atomic E-state index is -5.43. The molecule has 1 aromatic carbocycles. The monoisotopic (exact) mass is 299 g/mol. The molecular weight excluding hydrogens is 291 g/mol. The number of nitrogens with one attached hydrogen (secondary N) is 1. The lowest BCUT2D eigenvalue weighted by Gasteiger charge is -2.12. The number of alkyl halides is 3. The fourth-order valence-corrected chi connectivity index (χ4v) is 2.03.